The highest BCUT2D eigenvalue weighted by Gasteiger charge is 2.23. The number of rotatable bonds is 19. The van der Waals surface area contributed by atoms with Gasteiger partial charge in [-0.1, -0.05) is 90.5 Å². The summed E-state index contributed by atoms with van der Waals surface area (Å²) in [5.74, 6) is -0.295. The number of hydrogen-bond acceptors (Lipinski definition) is 3. The quantitative estimate of drug-likeness (QED) is 0.125. The van der Waals surface area contributed by atoms with Gasteiger partial charge in [0, 0.05) is 13.0 Å². The van der Waals surface area contributed by atoms with E-state index in [0.29, 0.717) is 24.4 Å². The molecule has 0 unspecified atom stereocenters. The number of aliphatic hydroxyl groups is 2. The van der Waals surface area contributed by atoms with Crippen molar-refractivity contribution in [3.05, 3.63) is 24.3 Å². The Kier molecular flexibility index (Phi) is 14.7. The number of ether oxygens (including phenoxy) is 1. The van der Waals surface area contributed by atoms with E-state index in [1.165, 1.54) is 51.4 Å². The molecular weight excluding hydrogens is 384 g/mol. The highest BCUT2D eigenvalue weighted by atomic mass is 16.6. The smallest absolute Gasteiger partial charge is 0.186 e. The number of unbranched alkanes of at least 4 members (excludes halogenated alkanes) is 5. The molecule has 0 amide bonds. The van der Waals surface area contributed by atoms with Crippen LogP contribution in [0.5, 0.6) is 0 Å². The Labute approximate surface area is 193 Å². The average molecular weight is 437 g/mol. The summed E-state index contributed by atoms with van der Waals surface area (Å²) in [7, 11) is 0. The van der Waals surface area contributed by atoms with Gasteiger partial charge in [0.1, 0.15) is 6.61 Å². The lowest BCUT2D eigenvalue weighted by Gasteiger charge is -2.23. The summed E-state index contributed by atoms with van der Waals surface area (Å²) >= 11 is 0. The Morgan fingerprint density at radius 2 is 1.71 bits per heavy atom. The van der Waals surface area contributed by atoms with E-state index in [2.05, 4.69) is 52.0 Å². The van der Waals surface area contributed by atoms with Crippen LogP contribution in [-0.4, -0.2) is 29.2 Å². The molecule has 0 aliphatic heterocycles. The molecule has 0 radical (unpaired) electrons. The summed E-state index contributed by atoms with van der Waals surface area (Å²) in [6.07, 6.45) is 25.2. The topological polar surface area (TPSA) is 49.7 Å². The molecule has 0 heterocycles. The molecule has 2 N–H and O–H groups in total. The van der Waals surface area contributed by atoms with E-state index in [-0.39, 0.29) is 6.61 Å². The fraction of sp³-hybridized carbons (Fsp3) is 0.857. The van der Waals surface area contributed by atoms with Gasteiger partial charge in [-0.15, -0.1) is 0 Å². The fourth-order valence-corrected chi connectivity index (χ4v) is 4.72. The first-order valence-electron chi connectivity index (χ1n) is 13.2. The van der Waals surface area contributed by atoms with Crippen LogP contribution < -0.4 is 0 Å². The van der Waals surface area contributed by atoms with Crippen molar-refractivity contribution in [3.8, 4) is 0 Å². The van der Waals surface area contributed by atoms with E-state index < -0.39 is 5.79 Å². The Bertz CT molecular complexity index is 492. The van der Waals surface area contributed by atoms with Crippen molar-refractivity contribution in [2.75, 3.05) is 13.2 Å². The maximum absolute atomic E-state index is 10.0. The van der Waals surface area contributed by atoms with Gasteiger partial charge in [0.05, 0.1) is 0 Å². The Hall–Kier alpha value is -0.640. The van der Waals surface area contributed by atoms with E-state index in [4.69, 9.17) is 4.74 Å². The minimum Gasteiger partial charge on any atom is -0.376 e. The molecule has 3 heteroatoms. The van der Waals surface area contributed by atoms with E-state index in [1.807, 2.05) is 0 Å². The van der Waals surface area contributed by atoms with Crippen LogP contribution in [0, 0.1) is 17.3 Å². The molecule has 0 saturated carbocycles. The summed E-state index contributed by atoms with van der Waals surface area (Å²) in [4.78, 5) is 0. The maximum atomic E-state index is 10.0. The van der Waals surface area contributed by atoms with E-state index >= 15 is 0 Å². The first-order chi connectivity index (χ1) is 14.8. The molecule has 182 valence electrons. The molecule has 0 saturated heterocycles. The van der Waals surface area contributed by atoms with Crippen LogP contribution in [0.15, 0.2) is 24.3 Å². The first-order valence-corrected chi connectivity index (χ1v) is 13.2. The van der Waals surface area contributed by atoms with Gasteiger partial charge < -0.3 is 14.9 Å². The standard InChI is InChI=1S/C28H52O3/c1-5-7-14-23-31-24-28(29,30)22-12-9-8-10-16-25-18-15-19-26(25)17-11-13-21-27(3,4)20-6-2/h11,15,17,19,25-26,29-30H,5-10,12-14,16,18,20-24H2,1-4H3/t25-,26-/m0/s1. The predicted molar refractivity (Wildman–Crippen MR) is 133 cm³/mol. The molecule has 1 aliphatic carbocycles. The second-order valence-electron chi connectivity index (χ2n) is 10.6. The molecule has 2 atom stereocenters. The third-order valence-corrected chi connectivity index (χ3v) is 6.74. The van der Waals surface area contributed by atoms with Crippen molar-refractivity contribution in [1.82, 2.24) is 0 Å². The molecule has 0 bridgehead atoms. The largest absolute Gasteiger partial charge is 0.376 e. The van der Waals surface area contributed by atoms with Gasteiger partial charge in [0.25, 0.3) is 0 Å². The van der Waals surface area contributed by atoms with Crippen LogP contribution in [0.4, 0.5) is 0 Å². The Balaban J connectivity index is 2.12. The van der Waals surface area contributed by atoms with E-state index in [0.717, 1.165) is 38.0 Å². The molecule has 0 fully saturated rings. The van der Waals surface area contributed by atoms with Gasteiger partial charge in [-0.25, -0.2) is 0 Å². The lowest BCUT2D eigenvalue weighted by atomic mass is 9.83. The van der Waals surface area contributed by atoms with Crippen molar-refractivity contribution in [1.29, 1.82) is 0 Å². The molecular formula is C28H52O3. The number of hydrogen-bond donors (Lipinski definition) is 2. The molecule has 0 aromatic carbocycles. The van der Waals surface area contributed by atoms with Gasteiger partial charge in [-0.2, -0.15) is 0 Å². The fourth-order valence-electron chi connectivity index (χ4n) is 4.72. The third kappa shape index (κ3) is 14.2. The summed E-state index contributed by atoms with van der Waals surface area (Å²) < 4.78 is 5.42. The normalized spacial score (nSPS) is 19.7. The van der Waals surface area contributed by atoms with Gasteiger partial charge in [-0.3, -0.25) is 0 Å². The third-order valence-electron chi connectivity index (χ3n) is 6.74. The SMILES string of the molecule is CCCCCOCC(O)(O)CCCCCC[C@H]1CC=C[C@@H]1C=CCCC(C)(C)CCC. The molecule has 0 aromatic heterocycles. The van der Waals surface area contributed by atoms with Crippen LogP contribution in [0.25, 0.3) is 0 Å². The number of allylic oxidation sites excluding steroid dienone is 4. The molecule has 0 spiro atoms. The van der Waals surface area contributed by atoms with E-state index in [9.17, 15) is 10.2 Å². The van der Waals surface area contributed by atoms with Crippen LogP contribution in [0.3, 0.4) is 0 Å². The lowest BCUT2D eigenvalue weighted by molar-refractivity contribution is -0.202. The Morgan fingerprint density at radius 3 is 2.45 bits per heavy atom. The zero-order chi connectivity index (χ0) is 23.0. The second kappa shape index (κ2) is 16.0. The maximum Gasteiger partial charge on any atom is 0.186 e. The minimum absolute atomic E-state index is 0.0358. The van der Waals surface area contributed by atoms with Gasteiger partial charge >= 0.3 is 0 Å². The van der Waals surface area contributed by atoms with E-state index in [1.54, 1.807) is 0 Å². The summed E-state index contributed by atoms with van der Waals surface area (Å²) in [5, 5.41) is 20.1. The zero-order valence-corrected chi connectivity index (χ0v) is 21.1. The molecule has 1 aliphatic rings. The van der Waals surface area contributed by atoms with Gasteiger partial charge in [0.15, 0.2) is 5.79 Å². The van der Waals surface area contributed by atoms with Crippen molar-refractivity contribution in [2.45, 2.75) is 123 Å². The highest BCUT2D eigenvalue weighted by Crippen LogP contribution is 2.32. The van der Waals surface area contributed by atoms with Crippen LogP contribution in [0.1, 0.15) is 118 Å². The summed E-state index contributed by atoms with van der Waals surface area (Å²) in [5.41, 5.74) is 0.464. The predicted octanol–water partition coefficient (Wildman–Crippen LogP) is 7.57. The second-order valence-corrected chi connectivity index (χ2v) is 10.6. The minimum atomic E-state index is -1.66. The molecule has 1 rings (SSSR count). The van der Waals surface area contributed by atoms with Crippen LogP contribution in [-0.2, 0) is 4.74 Å². The van der Waals surface area contributed by atoms with Crippen LogP contribution in [0.2, 0.25) is 0 Å². The summed E-state index contributed by atoms with van der Waals surface area (Å²) in [6.45, 7) is 9.87. The van der Waals surface area contributed by atoms with Crippen molar-refractivity contribution in [3.63, 3.8) is 0 Å². The van der Waals surface area contributed by atoms with Crippen LogP contribution >= 0.6 is 0 Å². The zero-order valence-electron chi connectivity index (χ0n) is 21.1. The molecule has 31 heavy (non-hydrogen) atoms. The van der Waals surface area contributed by atoms with Crippen molar-refractivity contribution in [2.24, 2.45) is 17.3 Å². The molecule has 3 nitrogen and oxygen atoms in total. The monoisotopic (exact) mass is 436 g/mol. The lowest BCUT2D eigenvalue weighted by Crippen LogP contribution is -2.34. The summed E-state index contributed by atoms with van der Waals surface area (Å²) in [6, 6.07) is 0. The van der Waals surface area contributed by atoms with Crippen molar-refractivity contribution < 1.29 is 14.9 Å². The van der Waals surface area contributed by atoms with Crippen molar-refractivity contribution >= 4 is 0 Å². The average Bonchev–Trinajstić information content (AvgIpc) is 3.15. The van der Waals surface area contributed by atoms with Gasteiger partial charge in [-0.05, 0) is 62.2 Å². The Morgan fingerprint density at radius 1 is 0.935 bits per heavy atom. The molecule has 0 aromatic rings. The highest BCUT2D eigenvalue weighted by molar-refractivity contribution is 5.09. The first kappa shape index (κ1) is 28.4. The van der Waals surface area contributed by atoms with Gasteiger partial charge in [0.2, 0.25) is 0 Å².